The zero-order chi connectivity index (χ0) is 29.6. The molecule has 7 heteroatoms. The fraction of sp³-hybridized carbons (Fsp3) is 0.257. The largest absolute Gasteiger partial charge is 0.496 e. The highest BCUT2D eigenvalue weighted by molar-refractivity contribution is 5.81. The lowest BCUT2D eigenvalue weighted by molar-refractivity contribution is -0.139. The highest BCUT2D eigenvalue weighted by Gasteiger charge is 2.30. The summed E-state index contributed by atoms with van der Waals surface area (Å²) in [6.45, 7) is 4.63. The molecule has 0 heterocycles. The predicted molar refractivity (Wildman–Crippen MR) is 161 cm³/mol. The third-order valence-corrected chi connectivity index (χ3v) is 7.66. The van der Waals surface area contributed by atoms with E-state index in [0.717, 1.165) is 39.1 Å². The molecular weight excluding hydrogens is 530 g/mol. The first-order valence-electron chi connectivity index (χ1n) is 14.1. The van der Waals surface area contributed by atoms with Crippen LogP contribution in [0.1, 0.15) is 53.5 Å². The number of hydrogen-bond acceptors (Lipinski definition) is 5. The van der Waals surface area contributed by atoms with E-state index in [0.29, 0.717) is 11.7 Å². The molecule has 1 aliphatic carbocycles. The molecule has 0 fully saturated rings. The van der Waals surface area contributed by atoms with Crippen LogP contribution in [0.3, 0.4) is 0 Å². The van der Waals surface area contributed by atoms with Gasteiger partial charge in [0.1, 0.15) is 30.8 Å². The van der Waals surface area contributed by atoms with Crippen molar-refractivity contribution >= 4 is 12.1 Å². The summed E-state index contributed by atoms with van der Waals surface area (Å²) in [7, 11) is 1.58. The Morgan fingerprint density at radius 1 is 0.881 bits per heavy atom. The maximum atomic E-state index is 12.8. The van der Waals surface area contributed by atoms with Crippen molar-refractivity contribution in [3.63, 3.8) is 0 Å². The monoisotopic (exact) mass is 565 g/mol. The second-order valence-electron chi connectivity index (χ2n) is 10.7. The van der Waals surface area contributed by atoms with Crippen LogP contribution < -0.4 is 14.8 Å². The van der Waals surface area contributed by atoms with Gasteiger partial charge < -0.3 is 24.6 Å². The van der Waals surface area contributed by atoms with Gasteiger partial charge in [-0.25, -0.2) is 9.59 Å². The van der Waals surface area contributed by atoms with Crippen LogP contribution >= 0.6 is 0 Å². The van der Waals surface area contributed by atoms with Gasteiger partial charge in [-0.3, -0.25) is 0 Å². The first kappa shape index (κ1) is 28.7. The SMILES string of the molecule is COc1ccc(CC(NC(=O)OCC2c3ccccc3-c3ccccc32)C(=O)O)cc1COc1ccc(C(C)C)cc1. The Bertz CT molecular complexity index is 1520. The second kappa shape index (κ2) is 12.8. The van der Waals surface area contributed by atoms with Crippen LogP contribution in [0.25, 0.3) is 11.1 Å². The molecule has 0 radical (unpaired) electrons. The Balaban J connectivity index is 1.22. The van der Waals surface area contributed by atoms with Crippen molar-refractivity contribution in [2.75, 3.05) is 13.7 Å². The number of benzene rings is 4. The maximum Gasteiger partial charge on any atom is 0.407 e. The predicted octanol–water partition coefficient (Wildman–Crippen LogP) is 6.93. The molecule has 0 aliphatic heterocycles. The molecule has 0 bridgehead atoms. The molecule has 4 aromatic rings. The van der Waals surface area contributed by atoms with Crippen molar-refractivity contribution in [2.45, 2.75) is 44.8 Å². The van der Waals surface area contributed by atoms with Gasteiger partial charge in [0.25, 0.3) is 0 Å². The van der Waals surface area contributed by atoms with Gasteiger partial charge in [0.05, 0.1) is 7.11 Å². The van der Waals surface area contributed by atoms with Crippen LogP contribution in [-0.2, 0) is 22.6 Å². The van der Waals surface area contributed by atoms with Crippen LogP contribution in [0, 0.1) is 0 Å². The molecule has 216 valence electrons. The van der Waals surface area contributed by atoms with E-state index in [-0.39, 0.29) is 25.6 Å². The van der Waals surface area contributed by atoms with Gasteiger partial charge in [0, 0.05) is 17.9 Å². The molecule has 1 amide bonds. The molecule has 42 heavy (non-hydrogen) atoms. The van der Waals surface area contributed by atoms with E-state index in [1.165, 1.54) is 5.56 Å². The van der Waals surface area contributed by atoms with E-state index in [1.54, 1.807) is 19.2 Å². The standard InChI is InChI=1S/C35H35NO6/c1-22(2)24-13-15-26(16-14-24)41-20-25-18-23(12-17-33(25)40-3)19-32(34(37)38)36-35(39)42-21-31-29-10-6-4-8-27(29)28-9-5-7-11-30(28)31/h4-18,22,31-32H,19-21H2,1-3H3,(H,36,39)(H,37,38). The molecule has 2 N–H and O–H groups in total. The Morgan fingerprint density at radius 3 is 2.12 bits per heavy atom. The molecule has 1 aliphatic rings. The van der Waals surface area contributed by atoms with E-state index in [2.05, 4.69) is 31.3 Å². The van der Waals surface area contributed by atoms with Crippen molar-refractivity contribution in [1.29, 1.82) is 0 Å². The van der Waals surface area contributed by atoms with Crippen molar-refractivity contribution in [2.24, 2.45) is 0 Å². The maximum absolute atomic E-state index is 12.8. The number of alkyl carbamates (subject to hydrolysis) is 1. The highest BCUT2D eigenvalue weighted by atomic mass is 16.5. The van der Waals surface area contributed by atoms with Gasteiger partial charge in [0.15, 0.2) is 0 Å². The highest BCUT2D eigenvalue weighted by Crippen LogP contribution is 2.44. The molecule has 1 unspecified atom stereocenters. The van der Waals surface area contributed by atoms with Crippen molar-refractivity contribution < 1.29 is 28.9 Å². The number of fused-ring (bicyclic) bond motifs is 3. The summed E-state index contributed by atoms with van der Waals surface area (Å²) in [5, 5.41) is 12.4. The molecule has 7 nitrogen and oxygen atoms in total. The summed E-state index contributed by atoms with van der Waals surface area (Å²) >= 11 is 0. The lowest BCUT2D eigenvalue weighted by atomic mass is 9.98. The molecule has 0 aromatic heterocycles. The Labute approximate surface area is 246 Å². The number of methoxy groups -OCH3 is 1. The third-order valence-electron chi connectivity index (χ3n) is 7.66. The number of ether oxygens (including phenoxy) is 3. The van der Waals surface area contributed by atoms with Crippen LogP contribution in [-0.4, -0.2) is 36.9 Å². The normalized spacial score (nSPS) is 12.8. The molecule has 0 spiro atoms. The van der Waals surface area contributed by atoms with Gasteiger partial charge in [-0.05, 0) is 63.6 Å². The Kier molecular flexibility index (Phi) is 8.77. The third kappa shape index (κ3) is 6.41. The number of carboxylic acids is 1. The fourth-order valence-electron chi connectivity index (χ4n) is 5.40. The minimum absolute atomic E-state index is 0.0691. The number of hydrogen-bond donors (Lipinski definition) is 2. The van der Waals surface area contributed by atoms with Gasteiger partial charge >= 0.3 is 12.1 Å². The van der Waals surface area contributed by atoms with Gasteiger partial charge in [0.2, 0.25) is 0 Å². The summed E-state index contributed by atoms with van der Waals surface area (Å²) in [6, 6.07) is 28.3. The Morgan fingerprint density at radius 2 is 1.52 bits per heavy atom. The second-order valence-corrected chi connectivity index (χ2v) is 10.7. The van der Waals surface area contributed by atoms with E-state index >= 15 is 0 Å². The number of rotatable bonds is 11. The molecular formula is C35H35NO6. The van der Waals surface area contributed by atoms with E-state index < -0.39 is 18.1 Å². The summed E-state index contributed by atoms with van der Waals surface area (Å²) in [5.74, 6) is 0.528. The lowest BCUT2D eigenvalue weighted by Crippen LogP contribution is -2.42. The van der Waals surface area contributed by atoms with Crippen LogP contribution in [0.2, 0.25) is 0 Å². The first-order chi connectivity index (χ1) is 20.3. The first-order valence-corrected chi connectivity index (χ1v) is 14.1. The molecule has 5 rings (SSSR count). The van der Waals surface area contributed by atoms with E-state index in [9.17, 15) is 14.7 Å². The number of carbonyl (C=O) groups is 2. The smallest absolute Gasteiger partial charge is 0.407 e. The minimum atomic E-state index is -1.17. The summed E-state index contributed by atoms with van der Waals surface area (Å²) in [6.07, 6.45) is -0.703. The quantitative estimate of drug-likeness (QED) is 0.205. The van der Waals surface area contributed by atoms with Crippen LogP contribution in [0.15, 0.2) is 91.0 Å². The lowest BCUT2D eigenvalue weighted by Gasteiger charge is -2.18. The van der Waals surface area contributed by atoms with Gasteiger partial charge in [-0.1, -0.05) is 80.6 Å². The molecule has 4 aromatic carbocycles. The van der Waals surface area contributed by atoms with Crippen molar-refractivity contribution in [3.8, 4) is 22.6 Å². The number of aliphatic carboxylic acids is 1. The molecule has 0 saturated heterocycles. The van der Waals surface area contributed by atoms with Crippen molar-refractivity contribution in [3.05, 3.63) is 119 Å². The number of carbonyl (C=O) groups excluding carboxylic acids is 1. The topological polar surface area (TPSA) is 94.1 Å². The van der Waals surface area contributed by atoms with Gasteiger partial charge in [-0.2, -0.15) is 0 Å². The number of carboxylic acid groups (broad SMARTS) is 1. The summed E-state index contributed by atoms with van der Waals surface area (Å²) in [5.41, 5.74) is 7.14. The number of nitrogens with one attached hydrogen (secondary N) is 1. The fourth-order valence-corrected chi connectivity index (χ4v) is 5.40. The molecule has 1 atom stereocenters. The Hall–Kier alpha value is -4.78. The average molecular weight is 566 g/mol. The van der Waals surface area contributed by atoms with Crippen LogP contribution in [0.5, 0.6) is 11.5 Å². The average Bonchev–Trinajstić information content (AvgIpc) is 3.32. The summed E-state index contributed by atoms with van der Waals surface area (Å²) in [4.78, 5) is 24.9. The minimum Gasteiger partial charge on any atom is -0.496 e. The van der Waals surface area contributed by atoms with Gasteiger partial charge in [-0.15, -0.1) is 0 Å². The zero-order valence-corrected chi connectivity index (χ0v) is 24.0. The van der Waals surface area contributed by atoms with E-state index in [4.69, 9.17) is 14.2 Å². The van der Waals surface area contributed by atoms with E-state index in [1.807, 2.05) is 66.7 Å². The van der Waals surface area contributed by atoms with Crippen LogP contribution in [0.4, 0.5) is 4.79 Å². The summed E-state index contributed by atoms with van der Waals surface area (Å²) < 4.78 is 17.1. The number of amides is 1. The van der Waals surface area contributed by atoms with Crippen molar-refractivity contribution in [1.82, 2.24) is 5.32 Å². The molecule has 0 saturated carbocycles. The zero-order valence-electron chi connectivity index (χ0n) is 24.0.